The maximum absolute atomic E-state index is 6.50. The molecular formula is C22H22ClN7. The minimum atomic E-state index is 0.386. The van der Waals surface area contributed by atoms with Crippen molar-refractivity contribution in [3.8, 4) is 22.5 Å². The van der Waals surface area contributed by atoms with Gasteiger partial charge in [-0.25, -0.2) is 9.97 Å². The van der Waals surface area contributed by atoms with E-state index in [4.69, 9.17) is 27.3 Å². The molecule has 7 nitrogen and oxygen atoms in total. The van der Waals surface area contributed by atoms with Crippen LogP contribution in [0.15, 0.2) is 48.7 Å². The Kier molecular flexibility index (Phi) is 4.98. The standard InChI is InChI=1S/C22H22ClN7/c23-17-12-15(11-16-13-26-29-18(16)17)20-19(14-5-2-1-3-6-14)27-21(24)22(28-20)25-7-10-30-8-4-9-30/h1-3,5-6,11-13H,4,7-10H2,(H2,24,27)(H,25,28)(H,26,29). The first-order valence-corrected chi connectivity index (χ1v) is 10.4. The minimum Gasteiger partial charge on any atom is -0.381 e. The first-order chi connectivity index (χ1) is 14.7. The molecule has 0 saturated carbocycles. The number of anilines is 2. The molecule has 1 saturated heterocycles. The average Bonchev–Trinajstić information content (AvgIpc) is 3.20. The molecule has 0 bridgehead atoms. The molecule has 4 N–H and O–H groups in total. The van der Waals surface area contributed by atoms with Crippen LogP contribution >= 0.6 is 11.6 Å². The van der Waals surface area contributed by atoms with Gasteiger partial charge in [0.05, 0.1) is 28.1 Å². The third-order valence-electron chi connectivity index (χ3n) is 5.41. The van der Waals surface area contributed by atoms with Crippen molar-refractivity contribution in [3.05, 3.63) is 53.7 Å². The summed E-state index contributed by atoms with van der Waals surface area (Å²) < 4.78 is 0. The Morgan fingerprint density at radius 2 is 1.87 bits per heavy atom. The molecule has 30 heavy (non-hydrogen) atoms. The number of likely N-dealkylation sites (tertiary alicyclic amines) is 1. The third kappa shape index (κ3) is 3.58. The summed E-state index contributed by atoms with van der Waals surface area (Å²) in [6.45, 7) is 4.04. The van der Waals surface area contributed by atoms with Crippen LogP contribution < -0.4 is 11.1 Å². The minimum absolute atomic E-state index is 0.386. The van der Waals surface area contributed by atoms with Crippen LogP contribution in [0.1, 0.15) is 6.42 Å². The predicted octanol–water partition coefficient (Wildman–Crippen LogP) is 4.04. The monoisotopic (exact) mass is 419 g/mol. The predicted molar refractivity (Wildman–Crippen MR) is 122 cm³/mol. The largest absolute Gasteiger partial charge is 0.381 e. The number of halogens is 1. The molecule has 8 heteroatoms. The second kappa shape index (κ2) is 7.93. The maximum atomic E-state index is 6.50. The van der Waals surface area contributed by atoms with E-state index in [1.54, 1.807) is 6.20 Å². The number of nitrogens with two attached hydrogens (primary N) is 1. The molecule has 0 amide bonds. The third-order valence-corrected chi connectivity index (χ3v) is 5.71. The van der Waals surface area contributed by atoms with Gasteiger partial charge < -0.3 is 16.0 Å². The van der Waals surface area contributed by atoms with Crippen LogP contribution in [0.5, 0.6) is 0 Å². The Morgan fingerprint density at radius 3 is 2.63 bits per heavy atom. The Balaban J connectivity index is 1.58. The molecule has 1 aliphatic rings. The number of aromatic nitrogens is 4. The molecule has 4 aromatic rings. The number of H-pyrrole nitrogens is 1. The summed E-state index contributed by atoms with van der Waals surface area (Å²) in [7, 11) is 0. The van der Waals surface area contributed by atoms with Gasteiger partial charge in [-0.1, -0.05) is 41.9 Å². The van der Waals surface area contributed by atoms with E-state index in [2.05, 4.69) is 20.4 Å². The molecule has 1 aliphatic heterocycles. The average molecular weight is 420 g/mol. The van der Waals surface area contributed by atoms with Gasteiger partial charge in [0.1, 0.15) is 0 Å². The summed E-state index contributed by atoms with van der Waals surface area (Å²) >= 11 is 6.50. The highest BCUT2D eigenvalue weighted by Crippen LogP contribution is 2.35. The van der Waals surface area contributed by atoms with Crippen LogP contribution in [0.3, 0.4) is 0 Å². The van der Waals surface area contributed by atoms with Crippen molar-refractivity contribution in [2.45, 2.75) is 6.42 Å². The molecule has 0 aliphatic carbocycles. The second-order valence-electron chi connectivity index (χ2n) is 7.43. The zero-order chi connectivity index (χ0) is 20.5. The molecule has 152 valence electrons. The maximum Gasteiger partial charge on any atom is 0.169 e. The lowest BCUT2D eigenvalue weighted by atomic mass is 10.0. The van der Waals surface area contributed by atoms with Gasteiger partial charge in [0, 0.05) is 29.6 Å². The highest BCUT2D eigenvalue weighted by molar-refractivity contribution is 6.35. The quantitative estimate of drug-likeness (QED) is 0.436. The van der Waals surface area contributed by atoms with Gasteiger partial charge in [-0.05, 0) is 31.6 Å². The van der Waals surface area contributed by atoms with E-state index in [1.165, 1.54) is 6.42 Å². The number of benzene rings is 2. The Bertz CT molecular complexity index is 1190. The number of aromatic amines is 1. The highest BCUT2D eigenvalue weighted by atomic mass is 35.5. The first kappa shape index (κ1) is 18.8. The summed E-state index contributed by atoms with van der Waals surface area (Å²) in [5, 5.41) is 11.9. The van der Waals surface area contributed by atoms with Crippen molar-refractivity contribution in [2.75, 3.05) is 37.2 Å². The molecule has 0 spiro atoms. The van der Waals surface area contributed by atoms with Gasteiger partial charge >= 0.3 is 0 Å². The molecule has 5 rings (SSSR count). The summed E-state index contributed by atoms with van der Waals surface area (Å²) in [6, 6.07) is 13.8. The van der Waals surface area contributed by atoms with Crippen molar-refractivity contribution in [2.24, 2.45) is 0 Å². The van der Waals surface area contributed by atoms with E-state index >= 15 is 0 Å². The van der Waals surface area contributed by atoms with Crippen LogP contribution in [-0.2, 0) is 0 Å². The van der Waals surface area contributed by atoms with Gasteiger partial charge in [-0.15, -0.1) is 0 Å². The SMILES string of the molecule is Nc1nc(-c2ccccc2)c(-c2cc(Cl)c3[nH]ncc3c2)nc1NCCN1CCC1. The molecule has 3 heterocycles. The molecular weight excluding hydrogens is 398 g/mol. The van der Waals surface area contributed by atoms with Crippen molar-refractivity contribution in [1.82, 2.24) is 25.1 Å². The van der Waals surface area contributed by atoms with E-state index in [9.17, 15) is 0 Å². The molecule has 1 fully saturated rings. The van der Waals surface area contributed by atoms with Crippen molar-refractivity contribution < 1.29 is 0 Å². The van der Waals surface area contributed by atoms with E-state index < -0.39 is 0 Å². The molecule has 0 atom stereocenters. The van der Waals surface area contributed by atoms with E-state index in [-0.39, 0.29) is 0 Å². The summed E-state index contributed by atoms with van der Waals surface area (Å²) in [4.78, 5) is 12.0. The van der Waals surface area contributed by atoms with Crippen LogP contribution in [0.25, 0.3) is 33.4 Å². The fourth-order valence-corrected chi connectivity index (χ4v) is 3.93. The molecule has 2 aromatic carbocycles. The fourth-order valence-electron chi connectivity index (χ4n) is 3.67. The van der Waals surface area contributed by atoms with Crippen molar-refractivity contribution in [1.29, 1.82) is 0 Å². The number of nitrogen functional groups attached to an aromatic ring is 1. The first-order valence-electron chi connectivity index (χ1n) is 10.0. The van der Waals surface area contributed by atoms with Crippen molar-refractivity contribution >= 4 is 34.1 Å². The Hall–Kier alpha value is -3.16. The molecule has 2 aromatic heterocycles. The van der Waals surface area contributed by atoms with Crippen LogP contribution in [-0.4, -0.2) is 51.2 Å². The van der Waals surface area contributed by atoms with Gasteiger partial charge in [0.25, 0.3) is 0 Å². The van der Waals surface area contributed by atoms with E-state index in [0.717, 1.165) is 59.6 Å². The topological polar surface area (TPSA) is 95.8 Å². The zero-order valence-electron chi connectivity index (χ0n) is 16.4. The van der Waals surface area contributed by atoms with Crippen LogP contribution in [0.4, 0.5) is 11.6 Å². The fraction of sp³-hybridized carbons (Fsp3) is 0.227. The Morgan fingerprint density at radius 1 is 1.07 bits per heavy atom. The zero-order valence-corrected chi connectivity index (χ0v) is 17.2. The lowest BCUT2D eigenvalue weighted by Gasteiger charge is -2.30. The number of nitrogens with zero attached hydrogens (tertiary/aromatic N) is 4. The number of rotatable bonds is 6. The smallest absolute Gasteiger partial charge is 0.169 e. The van der Waals surface area contributed by atoms with Gasteiger partial charge in [-0.3, -0.25) is 5.10 Å². The van der Waals surface area contributed by atoms with Crippen molar-refractivity contribution in [3.63, 3.8) is 0 Å². The van der Waals surface area contributed by atoms with Gasteiger partial charge in [0.15, 0.2) is 11.6 Å². The van der Waals surface area contributed by atoms with Gasteiger partial charge in [-0.2, -0.15) is 5.10 Å². The second-order valence-corrected chi connectivity index (χ2v) is 7.84. The summed E-state index contributed by atoms with van der Waals surface area (Å²) in [5.41, 5.74) is 10.4. The molecule has 0 radical (unpaired) electrons. The van der Waals surface area contributed by atoms with Crippen LogP contribution in [0, 0.1) is 0 Å². The summed E-state index contributed by atoms with van der Waals surface area (Å²) in [5.74, 6) is 0.977. The number of fused-ring (bicyclic) bond motifs is 1. The normalized spacial score (nSPS) is 14.0. The van der Waals surface area contributed by atoms with Gasteiger partial charge in [0.2, 0.25) is 0 Å². The van der Waals surface area contributed by atoms with Crippen LogP contribution in [0.2, 0.25) is 5.02 Å². The highest BCUT2D eigenvalue weighted by Gasteiger charge is 2.18. The molecule has 0 unspecified atom stereocenters. The number of nitrogens with one attached hydrogen (secondary N) is 2. The number of hydrogen-bond acceptors (Lipinski definition) is 6. The van der Waals surface area contributed by atoms with E-state index in [1.807, 2.05) is 42.5 Å². The van der Waals surface area contributed by atoms with E-state index in [0.29, 0.717) is 16.7 Å². The lowest BCUT2D eigenvalue weighted by molar-refractivity contribution is 0.189. The summed E-state index contributed by atoms with van der Waals surface area (Å²) in [6.07, 6.45) is 3.03. The Labute approximate surface area is 179 Å². The number of hydrogen-bond donors (Lipinski definition) is 3. The lowest BCUT2D eigenvalue weighted by Crippen LogP contribution is -2.40.